The monoisotopic (exact) mass is 288 g/mol. The second kappa shape index (κ2) is 4.86. The zero-order chi connectivity index (χ0) is 14.1. The SMILES string of the molecule is O=C(Nc1ccccc1)n1c(=O)oc2ccc(Cl)cc21. The van der Waals surface area contributed by atoms with E-state index in [1.807, 2.05) is 6.07 Å². The van der Waals surface area contributed by atoms with Gasteiger partial charge in [0.25, 0.3) is 0 Å². The van der Waals surface area contributed by atoms with Crippen LogP contribution in [0.4, 0.5) is 10.5 Å². The number of anilines is 1. The number of carbonyl (C=O) groups is 1. The molecule has 3 rings (SSSR count). The highest BCUT2D eigenvalue weighted by molar-refractivity contribution is 6.31. The summed E-state index contributed by atoms with van der Waals surface area (Å²) in [6.45, 7) is 0. The molecule has 100 valence electrons. The number of nitrogens with zero attached hydrogens (tertiary/aromatic N) is 1. The van der Waals surface area contributed by atoms with Gasteiger partial charge in [-0.15, -0.1) is 0 Å². The van der Waals surface area contributed by atoms with Crippen molar-refractivity contribution in [3.8, 4) is 0 Å². The van der Waals surface area contributed by atoms with Crippen molar-refractivity contribution >= 4 is 34.4 Å². The third kappa shape index (κ3) is 2.19. The van der Waals surface area contributed by atoms with Crippen molar-refractivity contribution in [1.29, 1.82) is 0 Å². The molecule has 0 radical (unpaired) electrons. The molecular formula is C14H9ClN2O3. The summed E-state index contributed by atoms with van der Waals surface area (Å²) in [7, 11) is 0. The van der Waals surface area contributed by atoms with Gasteiger partial charge >= 0.3 is 11.8 Å². The molecule has 0 unspecified atom stereocenters. The molecule has 0 saturated carbocycles. The molecule has 0 fully saturated rings. The molecule has 0 bridgehead atoms. The normalized spacial score (nSPS) is 10.7. The molecule has 6 heteroatoms. The van der Waals surface area contributed by atoms with Crippen LogP contribution in [0.2, 0.25) is 5.02 Å². The minimum atomic E-state index is -0.754. The zero-order valence-electron chi connectivity index (χ0n) is 10.2. The first-order valence-corrected chi connectivity index (χ1v) is 6.20. The van der Waals surface area contributed by atoms with Gasteiger partial charge in [0.15, 0.2) is 5.58 Å². The van der Waals surface area contributed by atoms with Crippen molar-refractivity contribution in [2.45, 2.75) is 0 Å². The number of rotatable bonds is 1. The molecule has 0 atom stereocenters. The second-order valence-electron chi connectivity index (χ2n) is 4.11. The summed E-state index contributed by atoms with van der Waals surface area (Å²) in [6.07, 6.45) is 0. The Labute approximate surface area is 118 Å². The number of amides is 1. The number of carbonyl (C=O) groups excluding carboxylic acids is 1. The number of para-hydroxylation sites is 1. The van der Waals surface area contributed by atoms with E-state index >= 15 is 0 Å². The van der Waals surface area contributed by atoms with Crippen LogP contribution in [-0.4, -0.2) is 10.6 Å². The highest BCUT2D eigenvalue weighted by atomic mass is 35.5. The van der Waals surface area contributed by atoms with E-state index < -0.39 is 11.8 Å². The summed E-state index contributed by atoms with van der Waals surface area (Å²) in [5.74, 6) is -0.754. The summed E-state index contributed by atoms with van der Waals surface area (Å²) in [5, 5.41) is 3.03. The van der Waals surface area contributed by atoms with Gasteiger partial charge in [-0.2, -0.15) is 4.57 Å². The van der Waals surface area contributed by atoms with Crippen LogP contribution in [0.15, 0.2) is 57.7 Å². The number of oxazole rings is 1. The average Bonchev–Trinajstić information content (AvgIpc) is 2.75. The van der Waals surface area contributed by atoms with Gasteiger partial charge in [-0.25, -0.2) is 9.59 Å². The molecular weight excluding hydrogens is 280 g/mol. The van der Waals surface area contributed by atoms with Crippen molar-refractivity contribution in [2.24, 2.45) is 0 Å². The Bertz CT molecular complexity index is 836. The molecule has 20 heavy (non-hydrogen) atoms. The van der Waals surface area contributed by atoms with E-state index in [2.05, 4.69) is 5.32 Å². The van der Waals surface area contributed by atoms with Crippen LogP contribution in [-0.2, 0) is 0 Å². The lowest BCUT2D eigenvalue weighted by Crippen LogP contribution is -2.27. The Balaban J connectivity index is 2.05. The molecule has 0 aliphatic rings. The lowest BCUT2D eigenvalue weighted by molar-refractivity contribution is 0.252. The van der Waals surface area contributed by atoms with Crippen LogP contribution >= 0.6 is 11.6 Å². The van der Waals surface area contributed by atoms with E-state index in [9.17, 15) is 9.59 Å². The number of nitrogens with one attached hydrogen (secondary N) is 1. The first-order valence-electron chi connectivity index (χ1n) is 5.83. The molecule has 1 aromatic heterocycles. The maximum absolute atomic E-state index is 12.2. The van der Waals surface area contributed by atoms with Gasteiger partial charge in [0.05, 0.1) is 0 Å². The minimum absolute atomic E-state index is 0.308. The molecule has 3 aromatic rings. The smallest absolute Gasteiger partial charge is 0.407 e. The summed E-state index contributed by atoms with van der Waals surface area (Å²) >= 11 is 5.88. The maximum atomic E-state index is 12.2. The first kappa shape index (κ1) is 12.5. The van der Waals surface area contributed by atoms with Crippen LogP contribution in [0.3, 0.4) is 0 Å². The number of fused-ring (bicyclic) bond motifs is 1. The van der Waals surface area contributed by atoms with Gasteiger partial charge in [0.2, 0.25) is 0 Å². The molecule has 0 aliphatic heterocycles. The molecule has 5 nitrogen and oxygen atoms in total. The van der Waals surface area contributed by atoms with Crippen LogP contribution in [0.25, 0.3) is 11.1 Å². The highest BCUT2D eigenvalue weighted by Crippen LogP contribution is 2.18. The van der Waals surface area contributed by atoms with Gasteiger partial charge in [-0.3, -0.25) is 0 Å². The van der Waals surface area contributed by atoms with Crippen molar-refractivity contribution in [3.63, 3.8) is 0 Å². The molecule has 0 aliphatic carbocycles. The van der Waals surface area contributed by atoms with E-state index in [4.69, 9.17) is 16.0 Å². The summed E-state index contributed by atoms with van der Waals surface area (Å²) in [5.41, 5.74) is 1.22. The standard InChI is InChI=1S/C14H9ClN2O3/c15-9-6-7-12-11(8-9)17(14(19)20-12)13(18)16-10-4-2-1-3-5-10/h1-8H,(H,16,18). The Kier molecular flexibility index (Phi) is 3.04. The van der Waals surface area contributed by atoms with Crippen LogP contribution < -0.4 is 11.1 Å². The quantitative estimate of drug-likeness (QED) is 0.747. The predicted molar refractivity (Wildman–Crippen MR) is 76.3 cm³/mol. The van der Waals surface area contributed by atoms with E-state index in [-0.39, 0.29) is 0 Å². The highest BCUT2D eigenvalue weighted by Gasteiger charge is 2.16. The summed E-state index contributed by atoms with van der Waals surface area (Å²) < 4.78 is 5.91. The van der Waals surface area contributed by atoms with E-state index in [1.54, 1.807) is 36.4 Å². The minimum Gasteiger partial charge on any atom is -0.407 e. The first-order chi connectivity index (χ1) is 9.65. The number of aromatic nitrogens is 1. The van der Waals surface area contributed by atoms with Gasteiger partial charge < -0.3 is 9.73 Å². The third-order valence-corrected chi connectivity index (χ3v) is 3.00. The number of hydrogen-bond acceptors (Lipinski definition) is 3. The predicted octanol–water partition coefficient (Wildman–Crippen LogP) is 3.33. The molecule has 0 spiro atoms. The summed E-state index contributed by atoms with van der Waals surface area (Å²) in [6, 6.07) is 12.9. The fraction of sp³-hybridized carbons (Fsp3) is 0. The number of benzene rings is 2. The van der Waals surface area contributed by atoms with Gasteiger partial charge in [0, 0.05) is 10.7 Å². The lowest BCUT2D eigenvalue weighted by Gasteiger charge is -2.04. The number of hydrogen-bond donors (Lipinski definition) is 1. The van der Waals surface area contributed by atoms with Crippen LogP contribution in [0, 0.1) is 0 Å². The summed E-state index contributed by atoms with van der Waals surface area (Å²) in [4.78, 5) is 23.9. The van der Waals surface area contributed by atoms with E-state index in [1.165, 1.54) is 6.07 Å². The van der Waals surface area contributed by atoms with Crippen molar-refractivity contribution in [2.75, 3.05) is 5.32 Å². The molecule has 1 N–H and O–H groups in total. The van der Waals surface area contributed by atoms with E-state index in [0.29, 0.717) is 21.8 Å². The second-order valence-corrected chi connectivity index (χ2v) is 4.55. The fourth-order valence-corrected chi connectivity index (χ4v) is 2.05. The third-order valence-electron chi connectivity index (χ3n) is 2.77. The van der Waals surface area contributed by atoms with Crippen molar-refractivity contribution < 1.29 is 9.21 Å². The Morgan fingerprint density at radius 1 is 1.15 bits per heavy atom. The molecule has 1 amide bonds. The fourth-order valence-electron chi connectivity index (χ4n) is 1.88. The van der Waals surface area contributed by atoms with E-state index in [0.717, 1.165) is 4.57 Å². The van der Waals surface area contributed by atoms with Gasteiger partial charge in [-0.1, -0.05) is 29.8 Å². The lowest BCUT2D eigenvalue weighted by atomic mass is 10.3. The molecule has 1 heterocycles. The van der Waals surface area contributed by atoms with Crippen LogP contribution in [0.5, 0.6) is 0 Å². The Morgan fingerprint density at radius 2 is 1.90 bits per heavy atom. The maximum Gasteiger partial charge on any atom is 0.428 e. The average molecular weight is 289 g/mol. The largest absolute Gasteiger partial charge is 0.428 e. The Hall–Kier alpha value is -2.53. The zero-order valence-corrected chi connectivity index (χ0v) is 10.9. The Morgan fingerprint density at radius 3 is 2.65 bits per heavy atom. The van der Waals surface area contributed by atoms with Gasteiger partial charge in [0.1, 0.15) is 5.52 Å². The van der Waals surface area contributed by atoms with Crippen LogP contribution in [0.1, 0.15) is 0 Å². The topological polar surface area (TPSA) is 64.2 Å². The van der Waals surface area contributed by atoms with Crippen molar-refractivity contribution in [3.05, 3.63) is 64.1 Å². The molecule has 2 aromatic carbocycles. The molecule has 0 saturated heterocycles. The number of halogens is 1. The van der Waals surface area contributed by atoms with Gasteiger partial charge in [-0.05, 0) is 30.3 Å². The van der Waals surface area contributed by atoms with Crippen molar-refractivity contribution in [1.82, 2.24) is 4.57 Å².